The molecule has 7 nitrogen and oxygen atoms in total. The summed E-state index contributed by atoms with van der Waals surface area (Å²) in [5.41, 5.74) is 0.0625. The zero-order valence-corrected chi connectivity index (χ0v) is 15.8. The third-order valence-electron chi connectivity index (χ3n) is 4.33. The Hall–Kier alpha value is -2.74. The van der Waals surface area contributed by atoms with E-state index >= 15 is 0 Å². The van der Waals surface area contributed by atoms with E-state index in [0.717, 1.165) is 25.9 Å². The van der Waals surface area contributed by atoms with E-state index in [1.54, 1.807) is 13.0 Å². The minimum Gasteiger partial charge on any atom is -0.496 e. The number of aliphatic imine (C=N–C) groups is 1. The molecule has 3 N–H and O–H groups in total. The molecule has 0 bridgehead atoms. The molecular formula is C19H25FN4O3. The number of carbonyl (C=O) groups is 2. The first-order valence-corrected chi connectivity index (χ1v) is 8.80. The number of ether oxygens (including phenoxy) is 1. The van der Waals surface area contributed by atoms with Crippen molar-refractivity contribution in [2.45, 2.75) is 25.8 Å². The predicted molar refractivity (Wildman–Crippen MR) is 102 cm³/mol. The van der Waals surface area contributed by atoms with Gasteiger partial charge in [-0.15, -0.1) is 0 Å². The highest BCUT2D eigenvalue weighted by atomic mass is 19.1. The van der Waals surface area contributed by atoms with Crippen molar-refractivity contribution in [3.8, 4) is 5.75 Å². The molecule has 0 saturated carbocycles. The van der Waals surface area contributed by atoms with Gasteiger partial charge in [0.15, 0.2) is 0 Å². The van der Waals surface area contributed by atoms with Crippen LogP contribution in [0.4, 0.5) is 4.39 Å². The smallest absolute Gasteiger partial charge is 0.271 e. The van der Waals surface area contributed by atoms with Gasteiger partial charge in [0.1, 0.15) is 22.8 Å². The number of nitrogens with one attached hydrogen (secondary N) is 3. The van der Waals surface area contributed by atoms with Crippen LogP contribution >= 0.6 is 0 Å². The number of amides is 2. The predicted octanol–water partition coefficient (Wildman–Crippen LogP) is 1.41. The standard InChI is InChI=1S/C19H25FN4O3/c1-4-14(17(21-2)19(26)23-12-8-10-22-11-9-12)24-18(25)16-13(20)6-5-7-15(16)27-3/h4-7,12,22H,8-11H2,1-3H3,(H,23,26)(H,24,25)/b14-4+,21-17?. The topological polar surface area (TPSA) is 91.8 Å². The van der Waals surface area contributed by atoms with Crippen LogP contribution in [0.3, 0.4) is 0 Å². The number of hydrogen-bond donors (Lipinski definition) is 3. The summed E-state index contributed by atoms with van der Waals surface area (Å²) in [4.78, 5) is 29.2. The molecule has 27 heavy (non-hydrogen) atoms. The van der Waals surface area contributed by atoms with Crippen LogP contribution in [0.2, 0.25) is 0 Å². The molecule has 0 spiro atoms. The van der Waals surface area contributed by atoms with Crippen LogP contribution in [0.5, 0.6) is 5.75 Å². The van der Waals surface area contributed by atoms with Gasteiger partial charge in [-0.2, -0.15) is 0 Å². The Labute approximate surface area is 158 Å². The Balaban J connectivity index is 2.15. The molecule has 2 amide bonds. The van der Waals surface area contributed by atoms with Gasteiger partial charge in [-0.05, 0) is 45.0 Å². The molecule has 0 unspecified atom stereocenters. The second-order valence-electron chi connectivity index (χ2n) is 6.04. The number of halogens is 1. The Kier molecular flexibility index (Phi) is 7.48. The highest BCUT2D eigenvalue weighted by molar-refractivity contribution is 6.45. The maximum atomic E-state index is 14.1. The Bertz CT molecular complexity index is 755. The van der Waals surface area contributed by atoms with E-state index in [-0.39, 0.29) is 34.7 Å². The monoisotopic (exact) mass is 376 g/mol. The number of rotatable bonds is 6. The molecule has 1 saturated heterocycles. The van der Waals surface area contributed by atoms with E-state index in [0.29, 0.717) is 0 Å². The number of nitrogens with zero attached hydrogens (tertiary/aromatic N) is 1. The second-order valence-corrected chi connectivity index (χ2v) is 6.04. The SMILES string of the molecule is C/C=C(/NC(=O)c1c(F)cccc1OC)C(=NC)C(=O)NC1CCNCC1. The molecule has 0 aromatic heterocycles. The molecule has 0 atom stereocenters. The summed E-state index contributed by atoms with van der Waals surface area (Å²) in [6.45, 7) is 3.34. The van der Waals surface area contributed by atoms with Gasteiger partial charge in [0.25, 0.3) is 11.8 Å². The van der Waals surface area contributed by atoms with E-state index in [4.69, 9.17) is 4.74 Å². The van der Waals surface area contributed by atoms with Gasteiger partial charge in [0, 0.05) is 13.1 Å². The van der Waals surface area contributed by atoms with Crippen LogP contribution in [0.25, 0.3) is 0 Å². The van der Waals surface area contributed by atoms with Gasteiger partial charge >= 0.3 is 0 Å². The summed E-state index contributed by atoms with van der Waals surface area (Å²) >= 11 is 0. The Morgan fingerprint density at radius 3 is 2.63 bits per heavy atom. The van der Waals surface area contributed by atoms with Crippen LogP contribution in [-0.4, -0.2) is 50.8 Å². The molecule has 0 radical (unpaired) electrons. The fourth-order valence-corrected chi connectivity index (χ4v) is 2.91. The first-order valence-electron chi connectivity index (χ1n) is 8.80. The van der Waals surface area contributed by atoms with Gasteiger partial charge < -0.3 is 20.7 Å². The molecule has 1 aromatic carbocycles. The number of allylic oxidation sites excluding steroid dienone is 1. The zero-order valence-electron chi connectivity index (χ0n) is 15.8. The van der Waals surface area contributed by atoms with Crippen molar-refractivity contribution in [3.63, 3.8) is 0 Å². The zero-order chi connectivity index (χ0) is 19.8. The first-order chi connectivity index (χ1) is 13.0. The molecule has 8 heteroatoms. The van der Waals surface area contributed by atoms with Crippen molar-refractivity contribution in [3.05, 3.63) is 41.4 Å². The number of benzene rings is 1. The van der Waals surface area contributed by atoms with Crippen molar-refractivity contribution in [1.82, 2.24) is 16.0 Å². The maximum Gasteiger partial charge on any atom is 0.271 e. The van der Waals surface area contributed by atoms with Crippen LogP contribution in [0.1, 0.15) is 30.1 Å². The lowest BCUT2D eigenvalue weighted by atomic mass is 10.1. The van der Waals surface area contributed by atoms with Crippen LogP contribution in [0.15, 0.2) is 35.0 Å². The number of piperidine rings is 1. The molecule has 1 aromatic rings. The van der Waals surface area contributed by atoms with Crippen molar-refractivity contribution >= 4 is 17.5 Å². The summed E-state index contributed by atoms with van der Waals surface area (Å²) in [5.74, 6) is -1.69. The average molecular weight is 376 g/mol. The maximum absolute atomic E-state index is 14.1. The summed E-state index contributed by atoms with van der Waals surface area (Å²) in [6.07, 6.45) is 3.20. The van der Waals surface area contributed by atoms with E-state index < -0.39 is 11.7 Å². The van der Waals surface area contributed by atoms with Crippen LogP contribution < -0.4 is 20.7 Å². The minimum absolute atomic E-state index is 0.0518. The molecule has 146 valence electrons. The average Bonchev–Trinajstić information content (AvgIpc) is 2.67. The van der Waals surface area contributed by atoms with Crippen molar-refractivity contribution in [1.29, 1.82) is 0 Å². The largest absolute Gasteiger partial charge is 0.496 e. The van der Waals surface area contributed by atoms with E-state index in [1.807, 2.05) is 0 Å². The second kappa shape index (κ2) is 9.82. The van der Waals surface area contributed by atoms with Gasteiger partial charge in [-0.3, -0.25) is 14.6 Å². The highest BCUT2D eigenvalue weighted by Gasteiger charge is 2.24. The van der Waals surface area contributed by atoms with Crippen molar-refractivity contribution in [2.75, 3.05) is 27.2 Å². The molecule has 1 aliphatic rings. The molecule has 2 rings (SSSR count). The van der Waals surface area contributed by atoms with E-state index in [1.165, 1.54) is 32.4 Å². The van der Waals surface area contributed by atoms with Crippen LogP contribution in [0, 0.1) is 5.82 Å². The fourth-order valence-electron chi connectivity index (χ4n) is 2.91. The van der Waals surface area contributed by atoms with Gasteiger partial charge in [0.2, 0.25) is 0 Å². The number of methoxy groups -OCH3 is 1. The number of hydrogen-bond acceptors (Lipinski definition) is 5. The van der Waals surface area contributed by atoms with Crippen LogP contribution in [-0.2, 0) is 4.79 Å². The summed E-state index contributed by atoms with van der Waals surface area (Å²) in [7, 11) is 2.82. The van der Waals surface area contributed by atoms with Gasteiger partial charge in [0.05, 0.1) is 12.8 Å². The lowest BCUT2D eigenvalue weighted by Crippen LogP contribution is -2.46. The summed E-state index contributed by atoms with van der Waals surface area (Å²) < 4.78 is 19.2. The quantitative estimate of drug-likeness (QED) is 0.655. The lowest BCUT2D eigenvalue weighted by molar-refractivity contribution is -0.115. The third-order valence-corrected chi connectivity index (χ3v) is 4.33. The molecular weight excluding hydrogens is 351 g/mol. The Morgan fingerprint density at radius 1 is 1.33 bits per heavy atom. The molecule has 1 fully saturated rings. The van der Waals surface area contributed by atoms with E-state index in [2.05, 4.69) is 20.9 Å². The normalized spacial score (nSPS) is 16.0. The summed E-state index contributed by atoms with van der Waals surface area (Å²) in [5, 5.41) is 8.73. The van der Waals surface area contributed by atoms with E-state index in [9.17, 15) is 14.0 Å². The van der Waals surface area contributed by atoms with Crippen molar-refractivity contribution in [2.24, 2.45) is 4.99 Å². The number of carbonyl (C=O) groups excluding carboxylic acids is 2. The lowest BCUT2D eigenvalue weighted by Gasteiger charge is -2.24. The summed E-state index contributed by atoms with van der Waals surface area (Å²) in [6, 6.07) is 4.17. The fraction of sp³-hybridized carbons (Fsp3) is 0.421. The van der Waals surface area contributed by atoms with Crippen molar-refractivity contribution < 1.29 is 18.7 Å². The third kappa shape index (κ3) is 5.13. The minimum atomic E-state index is -0.714. The molecule has 1 heterocycles. The Morgan fingerprint density at radius 2 is 2.04 bits per heavy atom. The molecule has 0 aliphatic carbocycles. The first kappa shape index (κ1) is 20.6. The molecule has 1 aliphatic heterocycles. The van der Waals surface area contributed by atoms with Gasteiger partial charge in [-0.25, -0.2) is 4.39 Å². The highest BCUT2D eigenvalue weighted by Crippen LogP contribution is 2.21. The van der Waals surface area contributed by atoms with Gasteiger partial charge in [-0.1, -0.05) is 12.1 Å².